The van der Waals surface area contributed by atoms with Gasteiger partial charge in [-0.1, -0.05) is 63.3 Å². The molecule has 20 heavy (non-hydrogen) atoms. The van der Waals surface area contributed by atoms with E-state index in [0.29, 0.717) is 13.0 Å². The molecule has 112 valence electrons. The molecule has 0 aliphatic rings. The van der Waals surface area contributed by atoms with Crippen LogP contribution in [0.1, 0.15) is 63.5 Å². The largest absolute Gasteiger partial charge is 0.466 e. The molecule has 0 saturated heterocycles. The SMILES string of the molecule is CCCCCCCCc1ccccc1CC(=O)OCC. The number of carbonyl (C=O) groups is 1. The molecule has 1 aromatic carbocycles. The highest BCUT2D eigenvalue weighted by Gasteiger charge is 2.08. The smallest absolute Gasteiger partial charge is 0.310 e. The molecule has 0 aliphatic carbocycles. The number of carbonyl (C=O) groups excluding carboxylic acids is 1. The summed E-state index contributed by atoms with van der Waals surface area (Å²) in [6.45, 7) is 4.55. The molecule has 0 radical (unpaired) electrons. The fourth-order valence-corrected chi connectivity index (χ4v) is 2.44. The summed E-state index contributed by atoms with van der Waals surface area (Å²) >= 11 is 0. The van der Waals surface area contributed by atoms with E-state index >= 15 is 0 Å². The van der Waals surface area contributed by atoms with Gasteiger partial charge >= 0.3 is 5.97 Å². The summed E-state index contributed by atoms with van der Waals surface area (Å²) in [4.78, 5) is 11.6. The minimum atomic E-state index is -0.122. The highest BCUT2D eigenvalue weighted by atomic mass is 16.5. The molecule has 0 atom stereocenters. The highest BCUT2D eigenvalue weighted by molar-refractivity contribution is 5.73. The van der Waals surface area contributed by atoms with Gasteiger partial charge in [-0.05, 0) is 30.9 Å². The Bertz CT molecular complexity index is 385. The van der Waals surface area contributed by atoms with Crippen molar-refractivity contribution in [3.8, 4) is 0 Å². The van der Waals surface area contributed by atoms with Crippen LogP contribution >= 0.6 is 0 Å². The van der Waals surface area contributed by atoms with Crippen LogP contribution in [0.2, 0.25) is 0 Å². The van der Waals surface area contributed by atoms with Gasteiger partial charge < -0.3 is 4.74 Å². The van der Waals surface area contributed by atoms with Crippen LogP contribution in [0, 0.1) is 0 Å². The van der Waals surface area contributed by atoms with Crippen LogP contribution < -0.4 is 0 Å². The molecule has 0 saturated carbocycles. The summed E-state index contributed by atoms with van der Waals surface area (Å²) in [5.41, 5.74) is 2.43. The van der Waals surface area contributed by atoms with Gasteiger partial charge in [-0.2, -0.15) is 0 Å². The van der Waals surface area contributed by atoms with Crippen LogP contribution in [-0.4, -0.2) is 12.6 Å². The van der Waals surface area contributed by atoms with E-state index in [4.69, 9.17) is 4.74 Å². The standard InChI is InChI=1S/C18H28O2/c1-3-5-6-7-8-9-12-16-13-10-11-14-17(16)15-18(19)20-4-2/h10-11,13-14H,3-9,12,15H2,1-2H3. The molecule has 2 heteroatoms. The summed E-state index contributed by atoms with van der Waals surface area (Å²) in [5, 5.41) is 0. The lowest BCUT2D eigenvalue weighted by atomic mass is 9.98. The van der Waals surface area contributed by atoms with Crippen molar-refractivity contribution in [1.29, 1.82) is 0 Å². The Morgan fingerprint density at radius 1 is 0.950 bits per heavy atom. The van der Waals surface area contributed by atoms with Crippen molar-refractivity contribution in [3.63, 3.8) is 0 Å². The van der Waals surface area contributed by atoms with Gasteiger partial charge in [0.25, 0.3) is 0 Å². The highest BCUT2D eigenvalue weighted by Crippen LogP contribution is 2.15. The van der Waals surface area contributed by atoms with Crippen LogP contribution in [0.5, 0.6) is 0 Å². The second kappa shape index (κ2) is 10.5. The number of aryl methyl sites for hydroxylation is 1. The lowest BCUT2D eigenvalue weighted by molar-refractivity contribution is -0.142. The molecule has 2 nitrogen and oxygen atoms in total. The van der Waals surface area contributed by atoms with Gasteiger partial charge in [0.15, 0.2) is 0 Å². The fraction of sp³-hybridized carbons (Fsp3) is 0.611. The summed E-state index contributed by atoms with van der Waals surface area (Å²) in [6.07, 6.45) is 9.29. The number of esters is 1. The lowest BCUT2D eigenvalue weighted by Crippen LogP contribution is -2.09. The zero-order valence-corrected chi connectivity index (χ0v) is 13.0. The monoisotopic (exact) mass is 276 g/mol. The molecule has 1 rings (SSSR count). The van der Waals surface area contributed by atoms with E-state index in [1.54, 1.807) is 0 Å². The van der Waals surface area contributed by atoms with Gasteiger partial charge in [0, 0.05) is 0 Å². The number of ether oxygens (including phenoxy) is 1. The van der Waals surface area contributed by atoms with Crippen molar-refractivity contribution >= 4 is 5.97 Å². The summed E-state index contributed by atoms with van der Waals surface area (Å²) in [5.74, 6) is -0.122. The second-order valence-electron chi connectivity index (χ2n) is 5.27. The average Bonchev–Trinajstić information content (AvgIpc) is 2.44. The molecule has 0 fully saturated rings. The quantitative estimate of drug-likeness (QED) is 0.457. The van der Waals surface area contributed by atoms with Crippen LogP contribution in [0.25, 0.3) is 0 Å². The van der Waals surface area contributed by atoms with Crippen LogP contribution in [0.4, 0.5) is 0 Å². The topological polar surface area (TPSA) is 26.3 Å². The molecule has 0 aliphatic heterocycles. The van der Waals surface area contributed by atoms with E-state index in [1.807, 2.05) is 19.1 Å². The van der Waals surface area contributed by atoms with Crippen LogP contribution in [-0.2, 0) is 22.4 Å². The molecule has 0 spiro atoms. The van der Waals surface area contributed by atoms with Gasteiger partial charge in [0.05, 0.1) is 13.0 Å². The van der Waals surface area contributed by atoms with Crippen LogP contribution in [0.3, 0.4) is 0 Å². The minimum absolute atomic E-state index is 0.122. The maximum Gasteiger partial charge on any atom is 0.310 e. The molecule has 1 aromatic rings. The molecule has 0 unspecified atom stereocenters. The van der Waals surface area contributed by atoms with E-state index in [2.05, 4.69) is 19.1 Å². The number of hydrogen-bond acceptors (Lipinski definition) is 2. The van der Waals surface area contributed by atoms with E-state index in [-0.39, 0.29) is 5.97 Å². The third-order valence-corrected chi connectivity index (χ3v) is 3.56. The van der Waals surface area contributed by atoms with Gasteiger partial charge in [-0.25, -0.2) is 0 Å². The van der Waals surface area contributed by atoms with Crippen molar-refractivity contribution in [1.82, 2.24) is 0 Å². The minimum Gasteiger partial charge on any atom is -0.466 e. The summed E-state index contributed by atoms with van der Waals surface area (Å²) in [7, 11) is 0. The number of benzene rings is 1. The van der Waals surface area contributed by atoms with Gasteiger partial charge in [0.1, 0.15) is 0 Å². The molecule has 0 amide bonds. The second-order valence-corrected chi connectivity index (χ2v) is 5.27. The maximum absolute atomic E-state index is 11.6. The Hall–Kier alpha value is -1.31. The maximum atomic E-state index is 11.6. The number of rotatable bonds is 10. The van der Waals surface area contributed by atoms with E-state index in [9.17, 15) is 4.79 Å². The first-order valence-corrected chi connectivity index (χ1v) is 8.00. The van der Waals surface area contributed by atoms with E-state index in [0.717, 1.165) is 12.0 Å². The predicted molar refractivity (Wildman–Crippen MR) is 83.9 cm³/mol. The normalized spacial score (nSPS) is 10.5. The molecular weight excluding hydrogens is 248 g/mol. The molecule has 0 heterocycles. The van der Waals surface area contributed by atoms with Gasteiger partial charge in [0.2, 0.25) is 0 Å². The van der Waals surface area contributed by atoms with Crippen LogP contribution in [0.15, 0.2) is 24.3 Å². The van der Waals surface area contributed by atoms with E-state index in [1.165, 1.54) is 44.1 Å². The summed E-state index contributed by atoms with van der Waals surface area (Å²) < 4.78 is 5.03. The Labute approximate surface area is 123 Å². The third-order valence-electron chi connectivity index (χ3n) is 3.56. The molecular formula is C18H28O2. The molecule has 0 bridgehead atoms. The average molecular weight is 276 g/mol. The van der Waals surface area contributed by atoms with Gasteiger partial charge in [-0.3, -0.25) is 4.79 Å². The first-order valence-electron chi connectivity index (χ1n) is 8.00. The third kappa shape index (κ3) is 6.74. The first-order chi connectivity index (χ1) is 9.77. The molecule has 0 N–H and O–H groups in total. The van der Waals surface area contributed by atoms with Crippen molar-refractivity contribution in [3.05, 3.63) is 35.4 Å². The Morgan fingerprint density at radius 2 is 1.60 bits per heavy atom. The van der Waals surface area contributed by atoms with Crippen molar-refractivity contribution in [2.24, 2.45) is 0 Å². The Morgan fingerprint density at radius 3 is 2.30 bits per heavy atom. The fourth-order valence-electron chi connectivity index (χ4n) is 2.44. The Balaban J connectivity index is 2.39. The molecule has 0 aromatic heterocycles. The predicted octanol–water partition coefficient (Wildman–Crippen LogP) is 4.70. The lowest BCUT2D eigenvalue weighted by Gasteiger charge is -2.09. The van der Waals surface area contributed by atoms with Crippen molar-refractivity contribution < 1.29 is 9.53 Å². The Kier molecular flexibility index (Phi) is 8.77. The first kappa shape index (κ1) is 16.7. The number of hydrogen-bond donors (Lipinski definition) is 0. The van der Waals surface area contributed by atoms with E-state index < -0.39 is 0 Å². The zero-order valence-electron chi connectivity index (χ0n) is 13.0. The van der Waals surface area contributed by atoms with Crippen molar-refractivity contribution in [2.75, 3.05) is 6.61 Å². The van der Waals surface area contributed by atoms with Crippen molar-refractivity contribution in [2.45, 2.75) is 65.2 Å². The zero-order chi connectivity index (χ0) is 14.6. The van der Waals surface area contributed by atoms with Gasteiger partial charge in [-0.15, -0.1) is 0 Å². The summed E-state index contributed by atoms with van der Waals surface area (Å²) in [6, 6.07) is 8.24. The number of unbranched alkanes of at least 4 members (excludes halogenated alkanes) is 5.